The van der Waals surface area contributed by atoms with Crippen molar-refractivity contribution in [1.29, 1.82) is 0 Å². The van der Waals surface area contributed by atoms with E-state index in [1.165, 1.54) is 35.0 Å². The summed E-state index contributed by atoms with van der Waals surface area (Å²) >= 11 is 14.1. The Labute approximate surface area is 521 Å². The second kappa shape index (κ2) is 21.2. The quantitative estimate of drug-likeness (QED) is 0.0753. The van der Waals surface area contributed by atoms with Gasteiger partial charge in [-0.1, -0.05) is 103 Å². The summed E-state index contributed by atoms with van der Waals surface area (Å²) < 4.78 is 11.0. The van der Waals surface area contributed by atoms with Crippen LogP contribution in [0.4, 0.5) is 0 Å². The summed E-state index contributed by atoms with van der Waals surface area (Å²) in [4.78, 5) is 38.3. The molecular formula is C68H38BBr3N10O2S2. The highest BCUT2D eigenvalue weighted by Crippen LogP contribution is 2.40. The first-order valence-electron chi connectivity index (χ1n) is 27.3. The smallest absolute Gasteiger partial charge is 0.423 e. The molecule has 0 atom stereocenters. The number of para-hydroxylation sites is 2. The van der Waals surface area contributed by atoms with Crippen LogP contribution in [-0.2, 0) is 0 Å². The number of thiophene rings is 2. The van der Waals surface area contributed by atoms with Crippen LogP contribution < -0.4 is 5.46 Å². The Morgan fingerprint density at radius 3 is 1.41 bits per heavy atom. The maximum absolute atomic E-state index is 9.15. The fraction of sp³-hybridized carbons (Fsp3) is 0. The van der Waals surface area contributed by atoms with E-state index in [0.717, 1.165) is 120 Å². The van der Waals surface area contributed by atoms with Crippen LogP contribution in [0.5, 0.6) is 0 Å². The largest absolute Gasteiger partial charge is 0.488 e. The van der Waals surface area contributed by atoms with E-state index in [4.69, 9.17) is 35.0 Å². The maximum atomic E-state index is 9.15. The molecule has 86 heavy (non-hydrogen) atoms. The van der Waals surface area contributed by atoms with E-state index in [2.05, 4.69) is 205 Å². The van der Waals surface area contributed by atoms with E-state index in [-0.39, 0.29) is 0 Å². The molecule has 2 N–H and O–H groups in total. The molecular weight excluding hydrogens is 1300 g/mol. The van der Waals surface area contributed by atoms with Crippen LogP contribution in [0, 0.1) is 0 Å². The fourth-order valence-corrected chi connectivity index (χ4v) is 15.3. The van der Waals surface area contributed by atoms with Crippen molar-refractivity contribution in [2.24, 2.45) is 0 Å². The molecule has 0 unspecified atom stereocenters. The zero-order chi connectivity index (χ0) is 57.7. The van der Waals surface area contributed by atoms with Crippen LogP contribution in [0.15, 0.2) is 233 Å². The topological polar surface area (TPSA) is 153 Å². The molecule has 12 nitrogen and oxygen atoms in total. The minimum Gasteiger partial charge on any atom is -0.423 e. The first-order chi connectivity index (χ1) is 42.2. The van der Waals surface area contributed by atoms with Gasteiger partial charge in [0.05, 0.1) is 27.8 Å². The van der Waals surface area contributed by atoms with Crippen molar-refractivity contribution >= 4 is 211 Å². The van der Waals surface area contributed by atoms with Gasteiger partial charge in [0, 0.05) is 96.0 Å². The normalized spacial score (nSPS) is 11.8. The van der Waals surface area contributed by atoms with Gasteiger partial charge in [-0.2, -0.15) is 0 Å². The zero-order valence-electron chi connectivity index (χ0n) is 44.7. The van der Waals surface area contributed by atoms with Gasteiger partial charge in [0.2, 0.25) is 0 Å². The minimum atomic E-state index is -1.40. The summed E-state index contributed by atoms with van der Waals surface area (Å²) in [7, 11) is -1.40. The van der Waals surface area contributed by atoms with Gasteiger partial charge in [0.15, 0.2) is 9.47 Å². The molecule has 0 bridgehead atoms. The van der Waals surface area contributed by atoms with Gasteiger partial charge in [-0.05, 0) is 162 Å². The number of benzene rings is 8. The van der Waals surface area contributed by atoms with E-state index >= 15 is 0 Å². The van der Waals surface area contributed by atoms with Crippen LogP contribution in [0.2, 0.25) is 0 Å². The van der Waals surface area contributed by atoms with Crippen molar-refractivity contribution in [3.8, 4) is 22.9 Å². The zero-order valence-corrected chi connectivity index (χ0v) is 51.1. The number of fused-ring (bicyclic) bond motifs is 18. The third-order valence-electron chi connectivity index (χ3n) is 15.6. The molecule has 10 heterocycles. The van der Waals surface area contributed by atoms with E-state index in [9.17, 15) is 0 Å². The minimum absolute atomic E-state index is 0.523. The Balaban J connectivity index is 0.000000115. The molecule has 0 aliphatic heterocycles. The first-order valence-corrected chi connectivity index (χ1v) is 31.3. The van der Waals surface area contributed by atoms with Crippen molar-refractivity contribution < 1.29 is 10.0 Å². The number of aromatic nitrogens is 10. The highest BCUT2D eigenvalue weighted by Gasteiger charge is 2.20. The number of halogens is 3. The van der Waals surface area contributed by atoms with Crippen molar-refractivity contribution in [3.63, 3.8) is 0 Å². The molecule has 18 rings (SSSR count). The average molecular weight is 1340 g/mol. The Kier molecular flexibility index (Phi) is 13.0. The molecule has 18 aromatic rings. The molecule has 0 aliphatic carbocycles. The monoisotopic (exact) mass is 1340 g/mol. The molecule has 0 radical (unpaired) electrons. The lowest BCUT2D eigenvalue weighted by Crippen LogP contribution is -2.29. The lowest BCUT2D eigenvalue weighted by Gasteiger charge is -2.11. The lowest BCUT2D eigenvalue weighted by molar-refractivity contribution is 0.426. The van der Waals surface area contributed by atoms with Gasteiger partial charge in [-0.15, -0.1) is 22.7 Å². The van der Waals surface area contributed by atoms with Gasteiger partial charge in [0.25, 0.3) is 0 Å². The molecule has 0 saturated carbocycles. The van der Waals surface area contributed by atoms with E-state index in [1.807, 2.05) is 90.5 Å². The van der Waals surface area contributed by atoms with E-state index < -0.39 is 7.12 Å². The molecule has 0 fully saturated rings. The maximum Gasteiger partial charge on any atom is 0.488 e. The molecule has 8 aromatic carbocycles. The molecule has 0 spiro atoms. The second-order valence-corrected chi connectivity index (χ2v) is 24.9. The number of hydrogen-bond donors (Lipinski definition) is 2. The Morgan fingerprint density at radius 2 is 0.826 bits per heavy atom. The third-order valence-corrected chi connectivity index (χ3v) is 19.2. The van der Waals surface area contributed by atoms with Gasteiger partial charge in [0.1, 0.15) is 38.6 Å². The van der Waals surface area contributed by atoms with Crippen molar-refractivity contribution in [1.82, 2.24) is 49.0 Å². The highest BCUT2D eigenvalue weighted by atomic mass is 79.9. The molecule has 0 saturated heterocycles. The van der Waals surface area contributed by atoms with Crippen LogP contribution in [0.25, 0.3) is 151 Å². The molecule has 408 valence electrons. The number of rotatable bonds is 4. The third kappa shape index (κ3) is 8.89. The van der Waals surface area contributed by atoms with Crippen LogP contribution >= 0.6 is 70.5 Å². The van der Waals surface area contributed by atoms with Gasteiger partial charge >= 0.3 is 7.12 Å². The van der Waals surface area contributed by atoms with E-state index in [0.29, 0.717) is 14.9 Å². The summed E-state index contributed by atoms with van der Waals surface area (Å²) in [5, 5.41) is 31.5. The van der Waals surface area contributed by atoms with Crippen molar-refractivity contribution in [2.45, 2.75) is 0 Å². The van der Waals surface area contributed by atoms with Gasteiger partial charge < -0.3 is 10.0 Å². The predicted octanol–water partition coefficient (Wildman–Crippen LogP) is 17.4. The van der Waals surface area contributed by atoms with Crippen molar-refractivity contribution in [3.05, 3.63) is 233 Å². The Morgan fingerprint density at radius 1 is 0.360 bits per heavy atom. The predicted molar refractivity (Wildman–Crippen MR) is 365 cm³/mol. The number of pyridine rings is 4. The number of nitrogens with zero attached hydrogens (tertiary/aromatic N) is 10. The second-order valence-electron chi connectivity index (χ2n) is 20.5. The standard InChI is InChI=1S/C34H18BrN5S.C22H11Br2N5.C12H9BO2S/c35-34-38-30(20-12-15-28-25(18-20)22-7-2-4-10-27(22)41-28)24-14-11-19-13-16-29(37-31(19)32(24)39-34)40-26-9-3-1-6-21(26)23-8-5-17-36-33(23)40;23-20-15-9-7-12-8-10-17(26-18(12)19(15)27-22(24)28-20)29-16-6-2-1-4-13(16)14-5-3-11-25-21(14)29;14-13(15)8-5-6-12-10(7-8)9-3-1-2-4-11(9)16-12/h1-18H;1-11H;1-7,14-15H. The van der Waals surface area contributed by atoms with Crippen molar-refractivity contribution in [2.75, 3.05) is 0 Å². The molecule has 0 aliphatic rings. The van der Waals surface area contributed by atoms with Crippen LogP contribution in [-0.4, -0.2) is 66.2 Å². The highest BCUT2D eigenvalue weighted by molar-refractivity contribution is 9.11. The summed E-state index contributed by atoms with van der Waals surface area (Å²) in [5.41, 5.74) is 9.65. The summed E-state index contributed by atoms with van der Waals surface area (Å²) in [6, 6.07) is 70.2. The summed E-state index contributed by atoms with van der Waals surface area (Å²) in [6.45, 7) is 0. The first kappa shape index (κ1) is 52.6. The summed E-state index contributed by atoms with van der Waals surface area (Å²) in [6.07, 6.45) is 3.65. The van der Waals surface area contributed by atoms with Gasteiger partial charge in [-0.3, -0.25) is 9.13 Å². The SMILES string of the molecule is Brc1nc(-c2ccc3sc4ccccc4c3c2)c2ccc3ccc(-n4c5ccccc5c5cccnc54)nc3c2n1.Brc1nc(Br)c2ccc3ccc(-n4c5ccccc5c5cccnc54)nc3c2n1.OB(O)c1ccc2sc3ccccc3c2c1. The average Bonchev–Trinajstić information content (AvgIpc) is 1.81. The lowest BCUT2D eigenvalue weighted by atomic mass is 9.80. The fourth-order valence-electron chi connectivity index (χ4n) is 11.7. The number of hydrogen-bond acceptors (Lipinski definition) is 12. The molecule has 0 amide bonds. The van der Waals surface area contributed by atoms with Gasteiger partial charge in [-0.25, -0.2) is 39.9 Å². The van der Waals surface area contributed by atoms with Crippen LogP contribution in [0.3, 0.4) is 0 Å². The Bertz CT molecular complexity index is 5710. The molecule has 10 aromatic heterocycles. The molecule has 18 heteroatoms. The summed E-state index contributed by atoms with van der Waals surface area (Å²) in [5.74, 6) is 1.61. The Hall–Kier alpha value is -8.98. The van der Waals surface area contributed by atoms with E-state index in [1.54, 1.807) is 17.4 Å². The van der Waals surface area contributed by atoms with Crippen LogP contribution in [0.1, 0.15) is 0 Å².